The molecule has 0 bridgehead atoms. The molecule has 3 rings (SSSR count). The van der Waals surface area contributed by atoms with E-state index in [9.17, 15) is 14.3 Å². The van der Waals surface area contributed by atoms with Crippen LogP contribution in [0.4, 0.5) is 10.1 Å². The topological polar surface area (TPSA) is 71.5 Å². The summed E-state index contributed by atoms with van der Waals surface area (Å²) in [6.45, 7) is 5.21. The van der Waals surface area contributed by atoms with Crippen molar-refractivity contribution in [2.75, 3.05) is 58.5 Å². The highest BCUT2D eigenvalue weighted by Gasteiger charge is 2.22. The van der Waals surface area contributed by atoms with E-state index in [4.69, 9.17) is 14.2 Å². The molecule has 32 heavy (non-hydrogen) atoms. The smallest absolute Gasteiger partial charge is 0.161 e. The molecule has 0 radical (unpaired) electrons. The number of β-amino-alcohol motifs (C(OH)–C–C–N with tert-alkyl or cyclic N) is 1. The minimum atomic E-state index is -0.617. The third-order valence-corrected chi connectivity index (χ3v) is 5.56. The predicted octanol–water partition coefficient (Wildman–Crippen LogP) is 2.75. The first-order valence-electron chi connectivity index (χ1n) is 10.7. The molecule has 2 aromatic carbocycles. The van der Waals surface area contributed by atoms with Gasteiger partial charge in [0.2, 0.25) is 0 Å². The standard InChI is InChI=1S/C24H31FN2O5/c1-17(28)19-5-6-22(21(25)13-19)27-10-8-26(9-11-27)14-20(29)16-32-15-18-4-7-23(30-2)24(12-18)31-3/h4-7,12-13,20,29H,8-11,14-16H2,1-3H3/t20-/m0/s1. The number of hydrogen-bond acceptors (Lipinski definition) is 7. The van der Waals surface area contributed by atoms with E-state index >= 15 is 0 Å². The van der Waals surface area contributed by atoms with Gasteiger partial charge in [0.1, 0.15) is 5.82 Å². The lowest BCUT2D eigenvalue weighted by Crippen LogP contribution is -2.49. The van der Waals surface area contributed by atoms with E-state index in [2.05, 4.69) is 4.90 Å². The SMILES string of the molecule is COc1ccc(COC[C@@H](O)CN2CCN(c3ccc(C(C)=O)cc3F)CC2)cc1OC. The van der Waals surface area contributed by atoms with Crippen molar-refractivity contribution in [3.05, 3.63) is 53.3 Å². The van der Waals surface area contributed by atoms with Gasteiger partial charge in [0.25, 0.3) is 0 Å². The van der Waals surface area contributed by atoms with E-state index in [0.717, 1.165) is 5.56 Å². The van der Waals surface area contributed by atoms with Crippen molar-refractivity contribution in [2.24, 2.45) is 0 Å². The summed E-state index contributed by atoms with van der Waals surface area (Å²) in [5.74, 6) is 0.766. The summed E-state index contributed by atoms with van der Waals surface area (Å²) >= 11 is 0. The Labute approximate surface area is 188 Å². The number of aliphatic hydroxyl groups excluding tert-OH is 1. The van der Waals surface area contributed by atoms with Crippen molar-refractivity contribution in [2.45, 2.75) is 19.6 Å². The van der Waals surface area contributed by atoms with Gasteiger partial charge in [-0.3, -0.25) is 9.69 Å². The van der Waals surface area contributed by atoms with Gasteiger partial charge in [-0.2, -0.15) is 0 Å². The zero-order chi connectivity index (χ0) is 23.1. The molecule has 1 fully saturated rings. The highest BCUT2D eigenvalue weighted by Crippen LogP contribution is 2.28. The molecule has 1 aliphatic rings. The average Bonchev–Trinajstić information content (AvgIpc) is 2.79. The summed E-state index contributed by atoms with van der Waals surface area (Å²) in [5, 5.41) is 10.4. The van der Waals surface area contributed by atoms with Gasteiger partial charge in [0, 0.05) is 38.3 Å². The molecule has 2 aromatic rings. The van der Waals surface area contributed by atoms with E-state index in [1.807, 2.05) is 23.1 Å². The largest absolute Gasteiger partial charge is 0.493 e. The number of nitrogens with zero attached hydrogens (tertiary/aromatic N) is 2. The molecule has 0 spiro atoms. The first-order valence-corrected chi connectivity index (χ1v) is 10.7. The Balaban J connectivity index is 1.42. The maximum Gasteiger partial charge on any atom is 0.161 e. The molecular formula is C24H31FN2O5. The van der Waals surface area contributed by atoms with Gasteiger partial charge in [-0.05, 0) is 42.8 Å². The minimum Gasteiger partial charge on any atom is -0.493 e. The summed E-state index contributed by atoms with van der Waals surface area (Å²) in [5.41, 5.74) is 1.82. The molecule has 8 heteroatoms. The van der Waals surface area contributed by atoms with Crippen LogP contribution in [0.25, 0.3) is 0 Å². The second kappa shape index (κ2) is 11.3. The van der Waals surface area contributed by atoms with Crippen molar-refractivity contribution in [1.82, 2.24) is 4.90 Å². The second-order valence-corrected chi connectivity index (χ2v) is 7.87. The number of hydrogen-bond donors (Lipinski definition) is 1. The fourth-order valence-electron chi connectivity index (χ4n) is 3.79. The van der Waals surface area contributed by atoms with Crippen LogP contribution >= 0.6 is 0 Å². The number of ether oxygens (including phenoxy) is 3. The van der Waals surface area contributed by atoms with Crippen LogP contribution in [-0.2, 0) is 11.3 Å². The lowest BCUT2D eigenvalue weighted by atomic mass is 10.1. The maximum atomic E-state index is 14.4. The number of benzene rings is 2. The summed E-state index contributed by atoms with van der Waals surface area (Å²) < 4.78 is 30.6. The van der Waals surface area contributed by atoms with Gasteiger partial charge in [-0.1, -0.05) is 6.07 Å². The molecule has 0 saturated carbocycles. The molecule has 0 amide bonds. The first-order chi connectivity index (χ1) is 15.4. The summed E-state index contributed by atoms with van der Waals surface area (Å²) in [7, 11) is 3.17. The van der Waals surface area contributed by atoms with Crippen LogP contribution in [0, 0.1) is 5.82 Å². The van der Waals surface area contributed by atoms with E-state index in [0.29, 0.717) is 62.1 Å². The van der Waals surface area contributed by atoms with Crippen molar-refractivity contribution < 1.29 is 28.5 Å². The Morgan fingerprint density at radius 1 is 1.06 bits per heavy atom. The lowest BCUT2D eigenvalue weighted by Gasteiger charge is -2.37. The Kier molecular flexibility index (Phi) is 8.44. The van der Waals surface area contributed by atoms with Crippen LogP contribution in [0.5, 0.6) is 11.5 Å². The number of halogens is 1. The average molecular weight is 447 g/mol. The molecule has 1 atom stereocenters. The molecule has 1 saturated heterocycles. The number of ketones is 1. The van der Waals surface area contributed by atoms with E-state index in [1.54, 1.807) is 26.4 Å². The Bertz CT molecular complexity index is 915. The van der Waals surface area contributed by atoms with Gasteiger partial charge in [-0.15, -0.1) is 0 Å². The molecule has 174 valence electrons. The van der Waals surface area contributed by atoms with Crippen LogP contribution in [0.3, 0.4) is 0 Å². The molecule has 7 nitrogen and oxygen atoms in total. The number of aliphatic hydroxyl groups is 1. The number of piperazine rings is 1. The van der Waals surface area contributed by atoms with E-state index < -0.39 is 6.10 Å². The Morgan fingerprint density at radius 3 is 2.41 bits per heavy atom. The molecule has 0 aliphatic carbocycles. The molecule has 1 aliphatic heterocycles. The number of carbonyl (C=O) groups excluding carboxylic acids is 1. The summed E-state index contributed by atoms with van der Waals surface area (Å²) in [4.78, 5) is 15.5. The zero-order valence-electron chi connectivity index (χ0n) is 18.8. The van der Waals surface area contributed by atoms with Crippen LogP contribution in [-0.4, -0.2) is 75.4 Å². The highest BCUT2D eigenvalue weighted by atomic mass is 19.1. The third kappa shape index (κ3) is 6.18. The van der Waals surface area contributed by atoms with Crippen molar-refractivity contribution >= 4 is 11.5 Å². The monoisotopic (exact) mass is 446 g/mol. The van der Waals surface area contributed by atoms with Crippen LogP contribution in [0.1, 0.15) is 22.8 Å². The fourth-order valence-corrected chi connectivity index (χ4v) is 3.79. The Hall–Kier alpha value is -2.68. The van der Waals surface area contributed by atoms with Crippen LogP contribution in [0.15, 0.2) is 36.4 Å². The number of rotatable bonds is 10. The van der Waals surface area contributed by atoms with Gasteiger partial charge in [0.05, 0.1) is 39.2 Å². The predicted molar refractivity (Wildman–Crippen MR) is 120 cm³/mol. The number of Topliss-reactive ketones (excluding diaryl/α,β-unsaturated/α-hetero) is 1. The summed E-state index contributed by atoms with van der Waals surface area (Å²) in [6.07, 6.45) is -0.617. The van der Waals surface area contributed by atoms with Crippen LogP contribution < -0.4 is 14.4 Å². The van der Waals surface area contributed by atoms with Crippen molar-refractivity contribution in [3.63, 3.8) is 0 Å². The fraction of sp³-hybridized carbons (Fsp3) is 0.458. The van der Waals surface area contributed by atoms with E-state index in [-0.39, 0.29) is 18.2 Å². The zero-order valence-corrected chi connectivity index (χ0v) is 18.8. The number of anilines is 1. The van der Waals surface area contributed by atoms with E-state index in [1.165, 1.54) is 13.0 Å². The molecule has 1 heterocycles. The Morgan fingerprint density at radius 2 is 1.78 bits per heavy atom. The first kappa shape index (κ1) is 24.0. The van der Waals surface area contributed by atoms with Gasteiger partial charge >= 0.3 is 0 Å². The van der Waals surface area contributed by atoms with Gasteiger partial charge in [0.15, 0.2) is 17.3 Å². The minimum absolute atomic E-state index is 0.150. The van der Waals surface area contributed by atoms with Gasteiger partial charge in [-0.25, -0.2) is 4.39 Å². The van der Waals surface area contributed by atoms with Crippen LogP contribution in [0.2, 0.25) is 0 Å². The van der Waals surface area contributed by atoms with Crippen molar-refractivity contribution in [3.8, 4) is 11.5 Å². The molecule has 0 aromatic heterocycles. The molecular weight excluding hydrogens is 415 g/mol. The number of carbonyl (C=O) groups is 1. The number of methoxy groups -OCH3 is 2. The normalized spacial score (nSPS) is 15.5. The highest BCUT2D eigenvalue weighted by molar-refractivity contribution is 5.94. The lowest BCUT2D eigenvalue weighted by molar-refractivity contribution is 0.00907. The van der Waals surface area contributed by atoms with Crippen molar-refractivity contribution in [1.29, 1.82) is 0 Å². The third-order valence-electron chi connectivity index (χ3n) is 5.56. The quantitative estimate of drug-likeness (QED) is 0.563. The second-order valence-electron chi connectivity index (χ2n) is 7.87. The molecule has 1 N–H and O–H groups in total. The van der Waals surface area contributed by atoms with Gasteiger partial charge < -0.3 is 24.2 Å². The molecule has 0 unspecified atom stereocenters. The maximum absolute atomic E-state index is 14.4. The summed E-state index contributed by atoms with van der Waals surface area (Å²) in [6, 6.07) is 10.2.